The van der Waals surface area contributed by atoms with Crippen molar-refractivity contribution in [1.29, 1.82) is 0 Å². The normalized spacial score (nSPS) is 15.5. The van der Waals surface area contributed by atoms with Gasteiger partial charge in [0.15, 0.2) is 0 Å². The number of amidine groups is 1. The summed E-state index contributed by atoms with van der Waals surface area (Å²) in [4.78, 5) is 0. The Morgan fingerprint density at radius 1 is 1.26 bits per heavy atom. The second-order valence-electron chi connectivity index (χ2n) is 5.46. The van der Waals surface area contributed by atoms with Gasteiger partial charge in [0.1, 0.15) is 5.84 Å². The maximum Gasteiger partial charge on any atom is 0.141 e. The van der Waals surface area contributed by atoms with Crippen molar-refractivity contribution in [1.82, 2.24) is 5.32 Å². The van der Waals surface area contributed by atoms with Crippen LogP contribution in [0.2, 0.25) is 0 Å². The first kappa shape index (κ1) is 15.5. The van der Waals surface area contributed by atoms with Crippen molar-refractivity contribution in [3.05, 3.63) is 35.9 Å². The van der Waals surface area contributed by atoms with Crippen molar-refractivity contribution in [2.24, 2.45) is 16.8 Å². The van der Waals surface area contributed by atoms with Crippen molar-refractivity contribution < 1.29 is 5.21 Å². The van der Waals surface area contributed by atoms with Gasteiger partial charge in [0, 0.05) is 18.5 Å². The summed E-state index contributed by atoms with van der Waals surface area (Å²) in [6.07, 6.45) is 1.60. The second-order valence-corrected chi connectivity index (χ2v) is 5.46. The zero-order valence-corrected chi connectivity index (χ0v) is 12.0. The van der Waals surface area contributed by atoms with E-state index in [9.17, 15) is 0 Å². The quantitative estimate of drug-likeness (QED) is 0.306. The van der Waals surface area contributed by atoms with Gasteiger partial charge in [-0.2, -0.15) is 0 Å². The predicted octanol–water partition coefficient (Wildman–Crippen LogP) is 2.89. The fourth-order valence-corrected chi connectivity index (χ4v) is 2.33. The summed E-state index contributed by atoms with van der Waals surface area (Å²) in [7, 11) is 0. The molecule has 0 spiro atoms. The third-order valence-corrected chi connectivity index (χ3v) is 3.05. The van der Waals surface area contributed by atoms with E-state index in [1.807, 2.05) is 18.2 Å². The average molecular weight is 263 g/mol. The van der Waals surface area contributed by atoms with Gasteiger partial charge < -0.3 is 16.3 Å². The van der Waals surface area contributed by atoms with E-state index in [1.54, 1.807) is 0 Å². The highest BCUT2D eigenvalue weighted by Crippen LogP contribution is 2.18. The second kappa shape index (κ2) is 7.79. The van der Waals surface area contributed by atoms with E-state index in [2.05, 4.69) is 43.4 Å². The van der Waals surface area contributed by atoms with Crippen LogP contribution in [-0.4, -0.2) is 17.1 Å². The summed E-state index contributed by atoms with van der Waals surface area (Å²) in [5.41, 5.74) is 6.81. The van der Waals surface area contributed by atoms with Crippen molar-refractivity contribution in [2.45, 2.75) is 45.7 Å². The minimum atomic E-state index is 0.0749. The maximum absolute atomic E-state index is 8.75. The van der Waals surface area contributed by atoms with Crippen molar-refractivity contribution in [3.63, 3.8) is 0 Å². The molecule has 0 amide bonds. The molecule has 0 bridgehead atoms. The standard InChI is InChI=1S/C15H25N3O/c1-11(2)9-12(3)17-14(10-15(16)18-19)13-7-5-4-6-8-13/h4-8,11-12,14,17,19H,9-10H2,1-3H3,(H2,16,18). The Morgan fingerprint density at radius 2 is 1.89 bits per heavy atom. The van der Waals surface area contributed by atoms with Gasteiger partial charge in [0.05, 0.1) is 0 Å². The lowest BCUT2D eigenvalue weighted by Crippen LogP contribution is -2.34. The van der Waals surface area contributed by atoms with Crippen molar-refractivity contribution in [3.8, 4) is 0 Å². The molecule has 4 N–H and O–H groups in total. The van der Waals surface area contributed by atoms with Crippen LogP contribution in [0.5, 0.6) is 0 Å². The molecule has 0 aliphatic heterocycles. The predicted molar refractivity (Wildman–Crippen MR) is 79.3 cm³/mol. The number of oxime groups is 1. The number of nitrogens with two attached hydrogens (primary N) is 1. The molecular formula is C15H25N3O. The fraction of sp³-hybridized carbons (Fsp3) is 0.533. The topological polar surface area (TPSA) is 70.6 Å². The molecule has 0 saturated carbocycles. The van der Waals surface area contributed by atoms with Crippen LogP contribution in [0.25, 0.3) is 0 Å². The number of nitrogens with one attached hydrogen (secondary N) is 1. The van der Waals surface area contributed by atoms with Gasteiger partial charge in [-0.05, 0) is 24.8 Å². The Labute approximate surface area is 115 Å². The van der Waals surface area contributed by atoms with E-state index in [1.165, 1.54) is 0 Å². The molecule has 0 radical (unpaired) electrons. The summed E-state index contributed by atoms with van der Waals surface area (Å²) in [5.74, 6) is 0.890. The molecule has 1 aromatic carbocycles. The first-order valence-electron chi connectivity index (χ1n) is 6.80. The summed E-state index contributed by atoms with van der Waals surface area (Å²) in [5, 5.41) is 15.4. The van der Waals surface area contributed by atoms with E-state index < -0.39 is 0 Å². The van der Waals surface area contributed by atoms with Crippen LogP contribution in [0.4, 0.5) is 0 Å². The third kappa shape index (κ3) is 5.75. The molecule has 0 aromatic heterocycles. The molecule has 0 aliphatic rings. The first-order chi connectivity index (χ1) is 9.02. The lowest BCUT2D eigenvalue weighted by molar-refractivity contribution is 0.314. The van der Waals surface area contributed by atoms with Crippen molar-refractivity contribution in [2.75, 3.05) is 0 Å². The molecule has 2 unspecified atom stereocenters. The molecule has 4 heteroatoms. The van der Waals surface area contributed by atoms with Crippen LogP contribution >= 0.6 is 0 Å². The molecule has 0 aliphatic carbocycles. The van der Waals surface area contributed by atoms with E-state index >= 15 is 0 Å². The van der Waals surface area contributed by atoms with E-state index in [0.29, 0.717) is 18.4 Å². The number of hydrogen-bond donors (Lipinski definition) is 3. The third-order valence-electron chi connectivity index (χ3n) is 3.05. The Balaban J connectivity index is 2.75. The van der Waals surface area contributed by atoms with Gasteiger partial charge in [-0.25, -0.2) is 0 Å². The van der Waals surface area contributed by atoms with Crippen LogP contribution in [0.3, 0.4) is 0 Å². The SMILES string of the molecule is CC(C)CC(C)NC(CC(N)=NO)c1ccccc1. The zero-order chi connectivity index (χ0) is 14.3. The number of benzene rings is 1. The van der Waals surface area contributed by atoms with Gasteiger partial charge >= 0.3 is 0 Å². The Kier molecular flexibility index (Phi) is 6.36. The smallest absolute Gasteiger partial charge is 0.141 e. The lowest BCUT2D eigenvalue weighted by Gasteiger charge is -2.24. The van der Waals surface area contributed by atoms with Crippen LogP contribution in [-0.2, 0) is 0 Å². The van der Waals surface area contributed by atoms with Gasteiger partial charge in [-0.1, -0.05) is 49.3 Å². The molecule has 1 aromatic rings. The molecule has 106 valence electrons. The molecule has 4 nitrogen and oxygen atoms in total. The maximum atomic E-state index is 8.75. The molecule has 0 saturated heterocycles. The molecule has 0 heterocycles. The molecular weight excluding hydrogens is 238 g/mol. The summed E-state index contributed by atoms with van der Waals surface area (Å²) < 4.78 is 0. The van der Waals surface area contributed by atoms with Gasteiger partial charge in [0.2, 0.25) is 0 Å². The van der Waals surface area contributed by atoms with E-state index in [0.717, 1.165) is 12.0 Å². The van der Waals surface area contributed by atoms with E-state index in [-0.39, 0.29) is 11.9 Å². The zero-order valence-electron chi connectivity index (χ0n) is 12.0. The van der Waals surface area contributed by atoms with Gasteiger partial charge in [-0.3, -0.25) is 0 Å². The van der Waals surface area contributed by atoms with Gasteiger partial charge in [-0.15, -0.1) is 0 Å². The molecule has 0 fully saturated rings. The van der Waals surface area contributed by atoms with Gasteiger partial charge in [0.25, 0.3) is 0 Å². The van der Waals surface area contributed by atoms with Crippen LogP contribution < -0.4 is 11.1 Å². The lowest BCUT2D eigenvalue weighted by atomic mass is 9.99. The average Bonchev–Trinajstić information content (AvgIpc) is 2.37. The first-order valence-corrected chi connectivity index (χ1v) is 6.80. The number of hydrogen-bond acceptors (Lipinski definition) is 3. The summed E-state index contributed by atoms with van der Waals surface area (Å²) >= 11 is 0. The summed E-state index contributed by atoms with van der Waals surface area (Å²) in [6.45, 7) is 6.58. The number of nitrogens with zero attached hydrogens (tertiary/aromatic N) is 1. The molecule has 2 atom stereocenters. The molecule has 1 rings (SSSR count). The van der Waals surface area contributed by atoms with Crippen LogP contribution in [0.1, 0.15) is 45.2 Å². The Bertz CT molecular complexity index is 390. The van der Waals surface area contributed by atoms with Crippen molar-refractivity contribution >= 4 is 5.84 Å². The largest absolute Gasteiger partial charge is 0.409 e. The Morgan fingerprint density at radius 3 is 2.42 bits per heavy atom. The monoisotopic (exact) mass is 263 g/mol. The minimum Gasteiger partial charge on any atom is -0.409 e. The highest BCUT2D eigenvalue weighted by atomic mass is 16.4. The van der Waals surface area contributed by atoms with Crippen LogP contribution in [0, 0.1) is 5.92 Å². The number of rotatable bonds is 7. The Hall–Kier alpha value is -1.55. The highest BCUT2D eigenvalue weighted by molar-refractivity contribution is 5.80. The van der Waals surface area contributed by atoms with Crippen LogP contribution in [0.15, 0.2) is 35.5 Å². The fourth-order valence-electron chi connectivity index (χ4n) is 2.33. The minimum absolute atomic E-state index is 0.0749. The highest BCUT2D eigenvalue weighted by Gasteiger charge is 2.16. The summed E-state index contributed by atoms with van der Waals surface area (Å²) in [6, 6.07) is 10.6. The molecule has 19 heavy (non-hydrogen) atoms. The van der Waals surface area contributed by atoms with E-state index in [4.69, 9.17) is 10.9 Å².